The van der Waals surface area contributed by atoms with E-state index in [-0.39, 0.29) is 43.3 Å². The molecule has 3 heteroatoms. The molecule has 473 valence electrons. The normalized spacial score (nSPS) is 19.6. The highest BCUT2D eigenvalue weighted by molar-refractivity contribution is 6.75. The van der Waals surface area contributed by atoms with Gasteiger partial charge in [-0.05, 0) is 254 Å². The Morgan fingerprint density at radius 2 is 0.663 bits per heavy atom. The summed E-state index contributed by atoms with van der Waals surface area (Å²) in [6, 6.07) is 66.5. The Balaban J connectivity index is 0.939. The molecule has 13 aromatic rings. The van der Waals surface area contributed by atoms with E-state index in [9.17, 15) is 0 Å². The van der Waals surface area contributed by atoms with Gasteiger partial charge in [0.2, 0.25) is 0 Å². The van der Waals surface area contributed by atoms with Gasteiger partial charge in [-0.15, -0.1) is 0 Å². The molecule has 0 saturated carbocycles. The van der Waals surface area contributed by atoms with Crippen molar-refractivity contribution in [1.82, 2.24) is 9.38 Å². The molecule has 95 heavy (non-hydrogen) atoms. The number of nitrogens with one attached hydrogen (secondary N) is 1. The number of hydrogen-bond donors (Lipinski definition) is 1. The molecular formula is C92H92BN2. The van der Waals surface area contributed by atoms with Crippen molar-refractivity contribution in [2.75, 3.05) is 0 Å². The summed E-state index contributed by atoms with van der Waals surface area (Å²) in [4.78, 5) is 4.20. The van der Waals surface area contributed by atoms with Crippen LogP contribution in [0, 0.1) is 0 Å². The van der Waals surface area contributed by atoms with Crippen LogP contribution in [0.3, 0.4) is 0 Å². The molecule has 0 bridgehead atoms. The van der Waals surface area contributed by atoms with Gasteiger partial charge in [-0.3, -0.25) is 0 Å². The quantitative estimate of drug-likeness (QED) is 0.160. The van der Waals surface area contributed by atoms with Crippen molar-refractivity contribution < 1.29 is 0 Å². The van der Waals surface area contributed by atoms with Crippen molar-refractivity contribution in [3.63, 3.8) is 0 Å². The second-order valence-corrected chi connectivity index (χ2v) is 35.8. The van der Waals surface area contributed by atoms with E-state index in [1.165, 1.54) is 228 Å². The lowest BCUT2D eigenvalue weighted by Gasteiger charge is -2.42. The molecule has 10 aromatic carbocycles. The van der Waals surface area contributed by atoms with E-state index in [0.717, 1.165) is 5.52 Å². The summed E-state index contributed by atoms with van der Waals surface area (Å²) in [5.41, 5.74) is 36.8. The van der Waals surface area contributed by atoms with Crippen LogP contribution in [-0.4, -0.2) is 16.7 Å². The smallest absolute Gasteiger partial charge is 0.197 e. The predicted molar refractivity (Wildman–Crippen MR) is 409 cm³/mol. The summed E-state index contributed by atoms with van der Waals surface area (Å²) >= 11 is 0. The van der Waals surface area contributed by atoms with Crippen molar-refractivity contribution in [1.29, 1.82) is 0 Å². The van der Waals surface area contributed by atoms with Crippen molar-refractivity contribution in [3.05, 3.63) is 208 Å². The molecule has 3 aromatic heterocycles. The van der Waals surface area contributed by atoms with E-state index < -0.39 is 0 Å². The minimum Gasteiger partial charge on any atom is -0.354 e. The summed E-state index contributed by atoms with van der Waals surface area (Å²) in [7, 11) is 2.61. The van der Waals surface area contributed by atoms with Crippen LogP contribution < -0.4 is 10.9 Å². The number of nitrogens with zero attached hydrogens (tertiary/aromatic N) is 1. The van der Waals surface area contributed by atoms with E-state index in [1.807, 2.05) is 0 Å². The van der Waals surface area contributed by atoms with Crippen molar-refractivity contribution >= 4 is 78.1 Å². The number of rotatable bonds is 6. The molecule has 0 amide bonds. The Morgan fingerprint density at radius 1 is 0.284 bits per heavy atom. The maximum absolute atomic E-state index is 4.20. The van der Waals surface area contributed by atoms with Crippen LogP contribution in [0.1, 0.15) is 207 Å². The fourth-order valence-electron chi connectivity index (χ4n) is 19.4. The number of fused-ring (bicyclic) bond motifs is 9. The molecule has 1 aliphatic heterocycles. The Labute approximate surface area is 564 Å². The van der Waals surface area contributed by atoms with Gasteiger partial charge < -0.3 is 9.38 Å². The first-order chi connectivity index (χ1) is 45.0. The zero-order chi connectivity index (χ0) is 65.8. The second kappa shape index (κ2) is 19.3. The Kier molecular flexibility index (Phi) is 12.1. The van der Waals surface area contributed by atoms with Crippen LogP contribution in [0.4, 0.5) is 0 Å². The molecule has 5 aliphatic rings. The van der Waals surface area contributed by atoms with Crippen LogP contribution in [0.5, 0.6) is 0 Å². The van der Waals surface area contributed by atoms with Crippen LogP contribution in [-0.2, 0) is 43.3 Å². The van der Waals surface area contributed by atoms with Gasteiger partial charge >= 0.3 is 0 Å². The van der Waals surface area contributed by atoms with Gasteiger partial charge in [-0.1, -0.05) is 232 Å². The van der Waals surface area contributed by atoms with Gasteiger partial charge in [0.1, 0.15) is 0 Å². The van der Waals surface area contributed by atoms with Gasteiger partial charge in [0.15, 0.2) is 7.28 Å². The van der Waals surface area contributed by atoms with Crippen LogP contribution in [0.25, 0.3) is 127 Å². The average Bonchev–Trinajstić information content (AvgIpc) is 1.51. The summed E-state index contributed by atoms with van der Waals surface area (Å²) in [5, 5.41) is 7.81. The predicted octanol–water partition coefficient (Wildman–Crippen LogP) is 23.8. The Morgan fingerprint density at radius 3 is 1.15 bits per heavy atom. The molecule has 1 N–H and O–H groups in total. The number of aromatic amines is 1. The van der Waals surface area contributed by atoms with E-state index in [2.05, 4.69) is 291 Å². The number of aromatic nitrogens is 2. The average molecular weight is 1240 g/mol. The lowest BCUT2D eigenvalue weighted by Crippen LogP contribution is -2.35. The van der Waals surface area contributed by atoms with Crippen LogP contribution in [0.15, 0.2) is 164 Å². The molecular weight excluding hydrogens is 1140 g/mol. The molecule has 4 aliphatic carbocycles. The standard InChI is InChI=1S/C92H92BN2/c1-85(2)32-36-89(9,10)73-46-54(22-27-69(73)85)53-26-31-78-62(40-53)64-41-58(55-23-28-70-74(47-55)90(11,12)37-33-86(70,3)4)42-65(81(64)94-78)63-51-61(52-20-18-17-19-21-52)79-68-45-59(56-24-29-71-75(48-56)91(13,14)38-34-87(71,5)6)43-66-67-44-60(50-77-83(67)95(82(66)68)84(79)80(63)93-77)57-25-30-72-76(49-57)92(15,16)39-35-88(72,7)8/h17-31,40-51,94H,32-39H2,1-16H3. The monoisotopic (exact) mass is 1240 g/mol. The maximum Gasteiger partial charge on any atom is 0.197 e. The Hall–Kier alpha value is -8.14. The molecule has 1 radical (unpaired) electrons. The van der Waals surface area contributed by atoms with Crippen LogP contribution in [0.2, 0.25) is 0 Å². The molecule has 0 saturated heterocycles. The summed E-state index contributed by atoms with van der Waals surface area (Å²) in [5.74, 6) is 0. The van der Waals surface area contributed by atoms with Gasteiger partial charge in [-0.2, -0.15) is 0 Å². The molecule has 0 spiro atoms. The molecule has 0 atom stereocenters. The second-order valence-electron chi connectivity index (χ2n) is 35.8. The van der Waals surface area contributed by atoms with Gasteiger partial charge in [-0.25, -0.2) is 0 Å². The zero-order valence-corrected chi connectivity index (χ0v) is 59.3. The number of hydrogen-bond acceptors (Lipinski definition) is 0. The lowest BCUT2D eigenvalue weighted by atomic mass is 9.58. The largest absolute Gasteiger partial charge is 0.354 e. The van der Waals surface area contributed by atoms with E-state index in [1.54, 1.807) is 0 Å². The summed E-state index contributed by atoms with van der Waals surface area (Å²) in [6.07, 6.45) is 9.49. The van der Waals surface area contributed by atoms with Crippen molar-refractivity contribution in [3.8, 4) is 66.8 Å². The van der Waals surface area contributed by atoms with E-state index >= 15 is 0 Å². The van der Waals surface area contributed by atoms with Gasteiger partial charge in [0.05, 0.1) is 11.0 Å². The third kappa shape index (κ3) is 8.61. The maximum atomic E-state index is 4.20. The zero-order valence-electron chi connectivity index (χ0n) is 59.3. The highest BCUT2D eigenvalue weighted by atomic mass is 14.9. The first-order valence-electron chi connectivity index (χ1n) is 36.0. The fourth-order valence-corrected chi connectivity index (χ4v) is 19.4. The first kappa shape index (κ1) is 59.4. The number of H-pyrrole nitrogens is 1. The fraction of sp³-hybridized carbons (Fsp3) is 0.348. The van der Waals surface area contributed by atoms with Crippen LogP contribution >= 0.6 is 0 Å². The minimum absolute atomic E-state index is 0.0553. The highest BCUT2D eigenvalue weighted by Crippen LogP contribution is 2.55. The lowest BCUT2D eigenvalue weighted by molar-refractivity contribution is 0.332. The molecule has 4 heterocycles. The summed E-state index contributed by atoms with van der Waals surface area (Å²) < 4.78 is 2.73. The third-order valence-electron chi connectivity index (χ3n) is 25.9. The molecule has 0 unspecified atom stereocenters. The highest BCUT2D eigenvalue weighted by Gasteiger charge is 2.42. The van der Waals surface area contributed by atoms with Crippen molar-refractivity contribution in [2.24, 2.45) is 0 Å². The molecule has 2 nitrogen and oxygen atoms in total. The Bertz CT molecular complexity index is 5500. The molecule has 0 fully saturated rings. The van der Waals surface area contributed by atoms with Crippen molar-refractivity contribution in [2.45, 2.75) is 205 Å². The number of benzene rings is 10. The van der Waals surface area contributed by atoms with E-state index in [0.29, 0.717) is 0 Å². The molecule has 18 rings (SSSR count). The SMILES string of the molecule is CC1(C)CCC(C)(C)c2cc(-c3ccc4[nH]c5c(-c6cc(-c7ccccc7)c7c8cc(-c9ccc%10c(c9)C(C)(C)CCC%10(C)C)cc9c%10cc(-c%11ccc%12c(c%11)C(C)(C)CCC%12(C)C)cc%11c%10n(c7c6[B]%11)c98)cc(-c6ccc7c(c6)C(C)(C)CCC7(C)C)cc5c4c3)ccc21. The summed E-state index contributed by atoms with van der Waals surface area (Å²) in [6.45, 7) is 39.3. The first-order valence-corrected chi connectivity index (χ1v) is 36.0. The minimum atomic E-state index is 0.0553. The van der Waals surface area contributed by atoms with Gasteiger partial charge in [0.25, 0.3) is 0 Å². The third-order valence-corrected chi connectivity index (χ3v) is 25.9. The van der Waals surface area contributed by atoms with E-state index in [4.69, 9.17) is 0 Å². The topological polar surface area (TPSA) is 20.2 Å². The van der Waals surface area contributed by atoms with Gasteiger partial charge in [0, 0.05) is 54.4 Å².